The molecule has 0 fully saturated rings. The van der Waals surface area contributed by atoms with E-state index in [0.717, 1.165) is 11.1 Å². The highest BCUT2D eigenvalue weighted by Gasteiger charge is 1.98. The molecule has 3 nitrogen and oxygen atoms in total. The molecule has 86 valence electrons. The zero-order chi connectivity index (χ0) is 12.0. The van der Waals surface area contributed by atoms with Crippen LogP contribution in [0.25, 0.3) is 6.08 Å². The molecule has 0 aromatic heterocycles. The van der Waals surface area contributed by atoms with Crippen molar-refractivity contribution in [3.05, 3.63) is 41.5 Å². The highest BCUT2D eigenvalue weighted by molar-refractivity contribution is 5.91. The first-order chi connectivity index (χ1) is 7.59. The summed E-state index contributed by atoms with van der Waals surface area (Å²) in [7, 11) is 0. The number of rotatable bonds is 4. The van der Waals surface area contributed by atoms with Crippen molar-refractivity contribution >= 4 is 12.0 Å². The summed E-state index contributed by atoms with van der Waals surface area (Å²) in [6.07, 6.45) is 2.73. The molecule has 0 aliphatic carbocycles. The Balaban J connectivity index is 2.54. The number of nitrogens with one attached hydrogen (secondary N) is 1. The fourth-order valence-corrected chi connectivity index (χ4v) is 1.25. The van der Waals surface area contributed by atoms with Crippen LogP contribution in [-0.4, -0.2) is 23.7 Å². The molecule has 1 atom stereocenters. The van der Waals surface area contributed by atoms with E-state index in [-0.39, 0.29) is 12.5 Å². The molecule has 16 heavy (non-hydrogen) atoms. The van der Waals surface area contributed by atoms with Crippen molar-refractivity contribution in [3.63, 3.8) is 0 Å². The number of benzene rings is 1. The lowest BCUT2D eigenvalue weighted by Crippen LogP contribution is -2.28. The molecule has 0 bridgehead atoms. The van der Waals surface area contributed by atoms with Crippen molar-refractivity contribution < 1.29 is 9.90 Å². The molecule has 1 amide bonds. The number of carbonyl (C=O) groups is 1. The Bertz CT molecular complexity index is 383. The minimum absolute atomic E-state index is 0.191. The fraction of sp³-hybridized carbons (Fsp3) is 0.308. The van der Waals surface area contributed by atoms with Gasteiger partial charge in [0.15, 0.2) is 0 Å². The topological polar surface area (TPSA) is 49.3 Å². The number of aliphatic hydroxyl groups excluding tert-OH is 1. The van der Waals surface area contributed by atoms with E-state index in [9.17, 15) is 4.79 Å². The number of aliphatic hydroxyl groups is 1. The second kappa shape index (κ2) is 6.08. The molecule has 0 heterocycles. The highest BCUT2D eigenvalue weighted by atomic mass is 16.3. The molecule has 3 heteroatoms. The third-order valence-corrected chi connectivity index (χ3v) is 2.17. The van der Waals surface area contributed by atoms with Gasteiger partial charge in [0, 0.05) is 12.6 Å². The van der Waals surface area contributed by atoms with E-state index in [4.69, 9.17) is 5.11 Å². The van der Waals surface area contributed by atoms with E-state index in [1.165, 1.54) is 6.08 Å². The molecule has 0 saturated carbocycles. The molecule has 0 saturated heterocycles. The zero-order valence-electron chi connectivity index (χ0n) is 9.60. The number of hydrogen-bond donors (Lipinski definition) is 2. The fourth-order valence-electron chi connectivity index (χ4n) is 1.25. The van der Waals surface area contributed by atoms with E-state index in [1.54, 1.807) is 13.0 Å². The highest BCUT2D eigenvalue weighted by Crippen LogP contribution is 2.08. The maximum absolute atomic E-state index is 11.3. The zero-order valence-corrected chi connectivity index (χ0v) is 9.60. The van der Waals surface area contributed by atoms with Gasteiger partial charge in [0.25, 0.3) is 0 Å². The van der Waals surface area contributed by atoms with Gasteiger partial charge in [-0.05, 0) is 31.1 Å². The minimum atomic E-state index is -0.518. The van der Waals surface area contributed by atoms with Crippen LogP contribution < -0.4 is 5.32 Å². The normalized spacial score (nSPS) is 12.7. The van der Waals surface area contributed by atoms with E-state index >= 15 is 0 Å². The number of hydrogen-bond acceptors (Lipinski definition) is 2. The summed E-state index contributed by atoms with van der Waals surface area (Å²) < 4.78 is 0. The van der Waals surface area contributed by atoms with Crippen molar-refractivity contribution in [1.82, 2.24) is 5.32 Å². The lowest BCUT2D eigenvalue weighted by molar-refractivity contribution is -0.116. The summed E-state index contributed by atoms with van der Waals surface area (Å²) in [6, 6.07) is 7.84. The van der Waals surface area contributed by atoms with Crippen LogP contribution in [0, 0.1) is 6.92 Å². The van der Waals surface area contributed by atoms with Crippen molar-refractivity contribution in [2.75, 3.05) is 6.54 Å². The molecule has 1 aromatic carbocycles. The number of carbonyl (C=O) groups excluding carboxylic acids is 1. The van der Waals surface area contributed by atoms with E-state index in [2.05, 4.69) is 5.32 Å². The van der Waals surface area contributed by atoms with Crippen LogP contribution in [-0.2, 0) is 4.79 Å². The summed E-state index contributed by atoms with van der Waals surface area (Å²) in [6.45, 7) is 3.90. The Morgan fingerprint density at radius 2 is 2.19 bits per heavy atom. The predicted octanol–water partition coefficient (Wildman–Crippen LogP) is 1.51. The SMILES string of the molecule is Cc1ccccc1/C=C/C(=O)NC[C@@H](C)O. The van der Waals surface area contributed by atoms with Gasteiger partial charge in [0.05, 0.1) is 6.10 Å². The third kappa shape index (κ3) is 4.28. The van der Waals surface area contributed by atoms with Gasteiger partial charge in [-0.15, -0.1) is 0 Å². The quantitative estimate of drug-likeness (QED) is 0.754. The summed E-state index contributed by atoms with van der Waals surface area (Å²) in [5.74, 6) is -0.191. The first-order valence-electron chi connectivity index (χ1n) is 5.29. The summed E-state index contributed by atoms with van der Waals surface area (Å²) >= 11 is 0. The van der Waals surface area contributed by atoms with Gasteiger partial charge in [-0.2, -0.15) is 0 Å². The number of aryl methyl sites for hydroxylation is 1. The Kier molecular flexibility index (Phi) is 4.73. The average molecular weight is 219 g/mol. The summed E-state index contributed by atoms with van der Waals surface area (Å²) in [4.78, 5) is 11.3. The second-order valence-corrected chi connectivity index (χ2v) is 3.78. The van der Waals surface area contributed by atoms with Gasteiger partial charge in [-0.3, -0.25) is 4.79 Å². The van der Waals surface area contributed by atoms with Crippen molar-refractivity contribution in [1.29, 1.82) is 0 Å². The molecule has 0 spiro atoms. The molecular formula is C13H17NO2. The van der Waals surface area contributed by atoms with Crippen LogP contribution in [0.1, 0.15) is 18.1 Å². The monoisotopic (exact) mass is 219 g/mol. The van der Waals surface area contributed by atoms with Crippen LogP contribution in [0.15, 0.2) is 30.3 Å². The van der Waals surface area contributed by atoms with Crippen LogP contribution in [0.2, 0.25) is 0 Å². The molecule has 0 unspecified atom stereocenters. The Morgan fingerprint density at radius 1 is 1.50 bits per heavy atom. The van der Waals surface area contributed by atoms with Gasteiger partial charge in [0.1, 0.15) is 0 Å². The van der Waals surface area contributed by atoms with Crippen LogP contribution in [0.4, 0.5) is 0 Å². The third-order valence-electron chi connectivity index (χ3n) is 2.17. The molecular weight excluding hydrogens is 202 g/mol. The van der Waals surface area contributed by atoms with Crippen molar-refractivity contribution in [2.24, 2.45) is 0 Å². The molecule has 0 radical (unpaired) electrons. The molecule has 2 N–H and O–H groups in total. The molecule has 0 aliphatic heterocycles. The number of amides is 1. The van der Waals surface area contributed by atoms with Crippen molar-refractivity contribution in [3.8, 4) is 0 Å². The van der Waals surface area contributed by atoms with Crippen LogP contribution >= 0.6 is 0 Å². The van der Waals surface area contributed by atoms with Gasteiger partial charge in [-0.1, -0.05) is 24.3 Å². The second-order valence-electron chi connectivity index (χ2n) is 3.78. The lowest BCUT2D eigenvalue weighted by Gasteiger charge is -2.04. The lowest BCUT2D eigenvalue weighted by atomic mass is 10.1. The molecule has 1 rings (SSSR count). The van der Waals surface area contributed by atoms with E-state index < -0.39 is 6.10 Å². The van der Waals surface area contributed by atoms with Gasteiger partial charge in [-0.25, -0.2) is 0 Å². The summed E-state index contributed by atoms with van der Waals surface area (Å²) in [5.41, 5.74) is 2.15. The standard InChI is InChI=1S/C13H17NO2/c1-10-5-3-4-6-12(10)7-8-13(16)14-9-11(2)15/h3-8,11,15H,9H2,1-2H3,(H,14,16)/b8-7+/t11-/m1/s1. The van der Waals surface area contributed by atoms with Gasteiger partial charge >= 0.3 is 0 Å². The average Bonchev–Trinajstić information content (AvgIpc) is 2.25. The molecule has 1 aromatic rings. The van der Waals surface area contributed by atoms with Crippen molar-refractivity contribution in [2.45, 2.75) is 20.0 Å². The Morgan fingerprint density at radius 3 is 2.81 bits per heavy atom. The first kappa shape index (κ1) is 12.5. The van der Waals surface area contributed by atoms with Crippen LogP contribution in [0.3, 0.4) is 0 Å². The minimum Gasteiger partial charge on any atom is -0.392 e. The maximum Gasteiger partial charge on any atom is 0.244 e. The largest absolute Gasteiger partial charge is 0.392 e. The van der Waals surface area contributed by atoms with Gasteiger partial charge in [0.2, 0.25) is 5.91 Å². The van der Waals surface area contributed by atoms with Crippen LogP contribution in [0.5, 0.6) is 0 Å². The van der Waals surface area contributed by atoms with Gasteiger partial charge < -0.3 is 10.4 Å². The molecule has 0 aliphatic rings. The first-order valence-corrected chi connectivity index (χ1v) is 5.29. The smallest absolute Gasteiger partial charge is 0.244 e. The summed E-state index contributed by atoms with van der Waals surface area (Å²) in [5, 5.41) is 11.6. The maximum atomic E-state index is 11.3. The Labute approximate surface area is 95.8 Å². The van der Waals surface area contributed by atoms with E-state index in [1.807, 2.05) is 31.2 Å². The predicted molar refractivity (Wildman–Crippen MR) is 64.9 cm³/mol. The Hall–Kier alpha value is -1.61. The van der Waals surface area contributed by atoms with E-state index in [0.29, 0.717) is 0 Å².